The molecule has 0 bridgehead atoms. The highest BCUT2D eigenvalue weighted by atomic mass is 32.1. The molecule has 0 amide bonds. The summed E-state index contributed by atoms with van der Waals surface area (Å²) in [5.74, 6) is 4.08. The Labute approximate surface area is 233 Å². The molecule has 6 rings (SSSR count). The van der Waals surface area contributed by atoms with Crippen LogP contribution in [0.3, 0.4) is 0 Å². The third-order valence-corrected chi connectivity index (χ3v) is 9.15. The lowest BCUT2D eigenvalue weighted by molar-refractivity contribution is 0.287. The predicted octanol–water partition coefficient (Wildman–Crippen LogP) is 5.93. The zero-order chi connectivity index (χ0) is 26.8. The summed E-state index contributed by atoms with van der Waals surface area (Å²) in [5.41, 5.74) is 4.40. The summed E-state index contributed by atoms with van der Waals surface area (Å²) >= 11 is 1.76. The number of aliphatic imine (C=N–C) groups is 1. The van der Waals surface area contributed by atoms with Crippen LogP contribution in [0.5, 0.6) is 5.75 Å². The minimum absolute atomic E-state index is 0.268. The Bertz CT molecular complexity index is 1430. The summed E-state index contributed by atoms with van der Waals surface area (Å²) in [6.07, 6.45) is 10.0. The largest absolute Gasteiger partial charge is 0.494 e. The highest BCUT2D eigenvalue weighted by Crippen LogP contribution is 2.39. The van der Waals surface area contributed by atoms with E-state index in [1.165, 1.54) is 49.2 Å². The molecule has 39 heavy (non-hydrogen) atoms. The molecule has 1 fully saturated rings. The molecular weight excluding hydrogens is 508 g/mol. The second kappa shape index (κ2) is 11.4. The van der Waals surface area contributed by atoms with E-state index in [0.717, 1.165) is 58.2 Å². The molecule has 2 aliphatic heterocycles. The molecule has 4 aromatic rings. The molecule has 9 heteroatoms. The fourth-order valence-electron chi connectivity index (χ4n) is 5.65. The summed E-state index contributed by atoms with van der Waals surface area (Å²) in [5, 5.41) is 13.5. The van der Waals surface area contributed by atoms with E-state index < -0.39 is 0 Å². The number of rotatable bonds is 9. The molecule has 5 heterocycles. The third-order valence-electron chi connectivity index (χ3n) is 7.95. The first-order valence-electron chi connectivity index (χ1n) is 14.0. The van der Waals surface area contributed by atoms with Gasteiger partial charge in [-0.3, -0.25) is 9.56 Å². The molecule has 3 aromatic heterocycles. The number of piperidine rings is 1. The van der Waals surface area contributed by atoms with Crippen LogP contribution in [0.4, 0.5) is 0 Å². The molecule has 1 aromatic carbocycles. The second-order valence-corrected chi connectivity index (χ2v) is 11.8. The number of unbranched alkanes of at least 4 members (excludes halogenated alkanes) is 1. The van der Waals surface area contributed by atoms with Crippen LogP contribution in [0, 0.1) is 26.7 Å². The number of oxazole rings is 1. The summed E-state index contributed by atoms with van der Waals surface area (Å²) in [6, 6.07) is 8.12. The molecule has 1 N–H and O–H groups in total. The summed E-state index contributed by atoms with van der Waals surface area (Å²) in [6.45, 7) is 9.43. The number of nitrogens with one attached hydrogen (secondary N) is 1. The van der Waals surface area contributed by atoms with Crippen LogP contribution in [0.2, 0.25) is 0 Å². The maximum Gasteiger partial charge on any atom is 0.196 e. The smallest absolute Gasteiger partial charge is 0.196 e. The average Bonchev–Trinajstić information content (AvgIpc) is 3.65. The molecule has 1 saturated heterocycles. The third kappa shape index (κ3) is 5.43. The first-order valence-corrected chi connectivity index (χ1v) is 14.8. The zero-order valence-electron chi connectivity index (χ0n) is 22.9. The van der Waals surface area contributed by atoms with Gasteiger partial charge in [0.05, 0.1) is 24.9 Å². The molecular formula is C30H36N6O2S. The number of ether oxygens (including phenoxy) is 1. The van der Waals surface area contributed by atoms with Crippen molar-refractivity contribution in [3.05, 3.63) is 75.8 Å². The number of thiophene rings is 1. The topological polar surface area (TPSA) is 90.4 Å². The number of benzene rings is 1. The van der Waals surface area contributed by atoms with Crippen molar-refractivity contribution in [2.45, 2.75) is 65.3 Å². The van der Waals surface area contributed by atoms with Crippen LogP contribution in [0.15, 0.2) is 46.1 Å². The van der Waals surface area contributed by atoms with Crippen LogP contribution in [-0.2, 0) is 6.42 Å². The highest BCUT2D eigenvalue weighted by Gasteiger charge is 2.32. The van der Waals surface area contributed by atoms with Crippen molar-refractivity contribution in [1.82, 2.24) is 25.1 Å². The Balaban J connectivity index is 1.23. The van der Waals surface area contributed by atoms with E-state index in [2.05, 4.69) is 63.2 Å². The quantitative estimate of drug-likeness (QED) is 0.263. The minimum atomic E-state index is -0.268. The monoisotopic (exact) mass is 544 g/mol. The van der Waals surface area contributed by atoms with Crippen LogP contribution in [-0.4, -0.2) is 45.2 Å². The minimum Gasteiger partial charge on any atom is -0.494 e. The van der Waals surface area contributed by atoms with Gasteiger partial charge in [0.25, 0.3) is 0 Å². The van der Waals surface area contributed by atoms with Gasteiger partial charge in [-0.2, -0.15) is 0 Å². The van der Waals surface area contributed by atoms with E-state index in [1.54, 1.807) is 23.8 Å². The van der Waals surface area contributed by atoms with Crippen molar-refractivity contribution < 1.29 is 9.15 Å². The van der Waals surface area contributed by atoms with Crippen LogP contribution in [0.25, 0.3) is 5.00 Å². The molecule has 0 saturated carbocycles. The van der Waals surface area contributed by atoms with Gasteiger partial charge in [0.1, 0.15) is 28.9 Å². The lowest BCUT2D eigenvalue weighted by Gasteiger charge is -2.22. The first kappa shape index (κ1) is 26.0. The Morgan fingerprint density at radius 2 is 1.90 bits per heavy atom. The molecule has 1 atom stereocenters. The molecule has 204 valence electrons. The van der Waals surface area contributed by atoms with Gasteiger partial charge in [0.15, 0.2) is 11.7 Å². The van der Waals surface area contributed by atoms with Gasteiger partial charge >= 0.3 is 0 Å². The Kier molecular flexibility index (Phi) is 7.61. The van der Waals surface area contributed by atoms with Crippen LogP contribution >= 0.6 is 11.3 Å². The maximum absolute atomic E-state index is 6.11. The summed E-state index contributed by atoms with van der Waals surface area (Å²) in [4.78, 5) is 10.9. The molecule has 0 aliphatic carbocycles. The van der Waals surface area contributed by atoms with E-state index in [0.29, 0.717) is 12.3 Å². The zero-order valence-corrected chi connectivity index (χ0v) is 23.8. The standard InChI is InChI=1S/C30H36N6O2S/c1-19-20(2)39-30-27(19)28(33-25(18-26-32-15-17-38-26)29-35-34-21(3)36(29)30)23-7-9-24(10-8-23)37-16-5-4-6-22-11-13-31-14-12-22/h7-10,15,17,22,25,31H,4-6,11-14,16,18H2,1-3H3/t25-/m0/s1. The SMILES string of the molecule is Cc1sc2c(c1C)C(c1ccc(OCCCCC3CCNCC3)cc1)=N[C@@H](Cc1ncco1)c1nnc(C)n1-2. The Hall–Kier alpha value is -3.30. The fourth-order valence-corrected chi connectivity index (χ4v) is 6.86. The number of fused-ring (bicyclic) bond motifs is 3. The summed E-state index contributed by atoms with van der Waals surface area (Å²) in [7, 11) is 0. The van der Waals surface area contributed by atoms with Crippen molar-refractivity contribution in [1.29, 1.82) is 0 Å². The highest BCUT2D eigenvalue weighted by molar-refractivity contribution is 7.15. The average molecular weight is 545 g/mol. The number of aryl methyl sites for hydroxylation is 2. The van der Waals surface area contributed by atoms with Gasteiger partial charge in [-0.1, -0.05) is 6.42 Å². The van der Waals surface area contributed by atoms with Gasteiger partial charge in [0, 0.05) is 16.0 Å². The summed E-state index contributed by atoms with van der Waals surface area (Å²) < 4.78 is 13.9. The van der Waals surface area contributed by atoms with Crippen molar-refractivity contribution in [2.75, 3.05) is 19.7 Å². The van der Waals surface area contributed by atoms with Crippen LogP contribution in [0.1, 0.15) is 77.3 Å². The van der Waals surface area contributed by atoms with Gasteiger partial charge in [0.2, 0.25) is 0 Å². The second-order valence-electron chi connectivity index (χ2n) is 10.6. The van der Waals surface area contributed by atoms with Gasteiger partial charge < -0.3 is 14.5 Å². The molecule has 0 spiro atoms. The Morgan fingerprint density at radius 1 is 1.08 bits per heavy atom. The van der Waals surface area contributed by atoms with E-state index in [-0.39, 0.29) is 6.04 Å². The van der Waals surface area contributed by atoms with Crippen molar-refractivity contribution in [3.8, 4) is 10.8 Å². The first-order chi connectivity index (χ1) is 19.1. The Morgan fingerprint density at radius 3 is 2.67 bits per heavy atom. The van der Waals surface area contributed by atoms with Crippen molar-refractivity contribution in [3.63, 3.8) is 0 Å². The molecule has 2 aliphatic rings. The van der Waals surface area contributed by atoms with Crippen molar-refractivity contribution in [2.24, 2.45) is 10.9 Å². The molecule has 8 nitrogen and oxygen atoms in total. The van der Waals surface area contributed by atoms with E-state index >= 15 is 0 Å². The fraction of sp³-hybridized carbons (Fsp3) is 0.467. The van der Waals surface area contributed by atoms with Gasteiger partial charge in [-0.15, -0.1) is 21.5 Å². The maximum atomic E-state index is 6.11. The van der Waals surface area contributed by atoms with E-state index in [9.17, 15) is 0 Å². The van der Waals surface area contributed by atoms with Crippen LogP contribution < -0.4 is 10.1 Å². The normalized spacial score (nSPS) is 17.4. The number of hydrogen-bond donors (Lipinski definition) is 1. The van der Waals surface area contributed by atoms with Gasteiger partial charge in [-0.05, 0) is 95.3 Å². The number of aromatic nitrogens is 4. The lowest BCUT2D eigenvalue weighted by atomic mass is 9.93. The lowest BCUT2D eigenvalue weighted by Crippen LogP contribution is -2.27. The number of nitrogens with zero attached hydrogens (tertiary/aromatic N) is 5. The van der Waals surface area contributed by atoms with E-state index in [4.69, 9.17) is 14.1 Å². The number of hydrogen-bond acceptors (Lipinski definition) is 8. The van der Waals surface area contributed by atoms with E-state index in [1.807, 2.05) is 6.92 Å². The van der Waals surface area contributed by atoms with Crippen molar-refractivity contribution >= 4 is 17.0 Å². The molecule has 0 unspecified atom stereocenters. The predicted molar refractivity (Wildman–Crippen MR) is 153 cm³/mol. The molecule has 0 radical (unpaired) electrons. The van der Waals surface area contributed by atoms with Gasteiger partial charge in [-0.25, -0.2) is 4.98 Å².